The number of aromatic amines is 2. The van der Waals surface area contributed by atoms with Crippen molar-refractivity contribution in [3.8, 4) is 11.4 Å². The number of aromatic nitrogens is 4. The SMILES string of the molecule is COc1ccc(Cl)cc1-n1c(Cc2c(C)[nH]c3ccccc23)n[nH]c1=S. The maximum absolute atomic E-state index is 6.20. The van der Waals surface area contributed by atoms with Crippen molar-refractivity contribution < 1.29 is 4.74 Å². The molecule has 26 heavy (non-hydrogen) atoms. The molecule has 132 valence electrons. The number of hydrogen-bond donors (Lipinski definition) is 2. The van der Waals surface area contributed by atoms with Gasteiger partial charge in [-0.05, 0) is 49.0 Å². The summed E-state index contributed by atoms with van der Waals surface area (Å²) in [5.74, 6) is 1.48. The summed E-state index contributed by atoms with van der Waals surface area (Å²) in [5, 5.41) is 9.14. The predicted molar refractivity (Wildman–Crippen MR) is 106 cm³/mol. The minimum absolute atomic E-state index is 0.498. The number of hydrogen-bond acceptors (Lipinski definition) is 3. The summed E-state index contributed by atoms with van der Waals surface area (Å²) in [5.41, 5.74) is 4.19. The Kier molecular flexibility index (Phi) is 4.30. The Balaban J connectivity index is 1.87. The molecule has 0 saturated carbocycles. The number of rotatable bonds is 4. The first-order valence-electron chi connectivity index (χ1n) is 8.15. The van der Waals surface area contributed by atoms with Crippen LogP contribution in [0.3, 0.4) is 0 Å². The molecule has 0 spiro atoms. The van der Waals surface area contributed by atoms with E-state index in [-0.39, 0.29) is 0 Å². The van der Waals surface area contributed by atoms with Gasteiger partial charge in [-0.1, -0.05) is 29.8 Å². The molecule has 0 bridgehead atoms. The number of halogens is 1. The van der Waals surface area contributed by atoms with Gasteiger partial charge in [-0.15, -0.1) is 0 Å². The van der Waals surface area contributed by atoms with Gasteiger partial charge in [-0.2, -0.15) is 5.10 Å². The molecule has 0 unspecified atom stereocenters. The van der Waals surface area contributed by atoms with Gasteiger partial charge in [0.05, 0.1) is 12.8 Å². The zero-order chi connectivity index (χ0) is 18.3. The fourth-order valence-corrected chi connectivity index (χ4v) is 3.67. The number of aryl methyl sites for hydroxylation is 1. The number of ether oxygens (including phenoxy) is 1. The molecule has 2 N–H and O–H groups in total. The van der Waals surface area contributed by atoms with Gasteiger partial charge in [0.15, 0.2) is 4.77 Å². The molecule has 5 nitrogen and oxygen atoms in total. The van der Waals surface area contributed by atoms with E-state index >= 15 is 0 Å². The number of benzene rings is 2. The molecule has 2 aromatic carbocycles. The molecule has 0 radical (unpaired) electrons. The summed E-state index contributed by atoms with van der Waals surface area (Å²) in [6, 6.07) is 13.7. The highest BCUT2D eigenvalue weighted by Crippen LogP contribution is 2.29. The summed E-state index contributed by atoms with van der Waals surface area (Å²) < 4.78 is 7.86. The second kappa shape index (κ2) is 6.63. The maximum atomic E-state index is 6.20. The summed E-state index contributed by atoms with van der Waals surface area (Å²) in [4.78, 5) is 3.43. The first-order chi connectivity index (χ1) is 12.6. The molecular formula is C19H17ClN4OS. The van der Waals surface area contributed by atoms with Crippen LogP contribution in [0.2, 0.25) is 5.02 Å². The number of H-pyrrole nitrogens is 2. The minimum atomic E-state index is 0.498. The smallest absolute Gasteiger partial charge is 0.200 e. The van der Waals surface area contributed by atoms with Crippen LogP contribution in [0.25, 0.3) is 16.6 Å². The van der Waals surface area contributed by atoms with Crippen molar-refractivity contribution in [2.45, 2.75) is 13.3 Å². The molecule has 2 aromatic heterocycles. The minimum Gasteiger partial charge on any atom is -0.495 e. The summed E-state index contributed by atoms with van der Waals surface area (Å²) >= 11 is 11.7. The van der Waals surface area contributed by atoms with E-state index in [1.54, 1.807) is 13.2 Å². The summed E-state index contributed by atoms with van der Waals surface area (Å²) in [7, 11) is 1.62. The Hall–Kier alpha value is -2.57. The second-order valence-electron chi connectivity index (χ2n) is 6.05. The molecule has 4 rings (SSSR count). The highest BCUT2D eigenvalue weighted by Gasteiger charge is 2.17. The van der Waals surface area contributed by atoms with Crippen LogP contribution in [0.4, 0.5) is 0 Å². The molecule has 4 aromatic rings. The summed E-state index contributed by atoms with van der Waals surface area (Å²) in [6.45, 7) is 2.07. The van der Waals surface area contributed by atoms with Gasteiger partial charge in [0, 0.05) is 28.0 Å². The van der Waals surface area contributed by atoms with Crippen molar-refractivity contribution in [2.75, 3.05) is 7.11 Å². The molecular weight excluding hydrogens is 368 g/mol. The third-order valence-electron chi connectivity index (χ3n) is 4.49. The number of para-hydroxylation sites is 1. The van der Waals surface area contributed by atoms with E-state index in [1.165, 1.54) is 10.9 Å². The van der Waals surface area contributed by atoms with Crippen molar-refractivity contribution in [3.63, 3.8) is 0 Å². The lowest BCUT2D eigenvalue weighted by Crippen LogP contribution is -2.05. The molecule has 0 aliphatic rings. The van der Waals surface area contributed by atoms with Crippen LogP contribution in [-0.4, -0.2) is 26.9 Å². The molecule has 7 heteroatoms. The lowest BCUT2D eigenvalue weighted by Gasteiger charge is -2.12. The highest BCUT2D eigenvalue weighted by atomic mass is 35.5. The van der Waals surface area contributed by atoms with E-state index in [4.69, 9.17) is 28.6 Å². The van der Waals surface area contributed by atoms with Crippen LogP contribution in [0, 0.1) is 11.7 Å². The Morgan fingerprint density at radius 3 is 2.85 bits per heavy atom. The predicted octanol–water partition coefficient (Wildman–Crippen LogP) is 4.97. The van der Waals surface area contributed by atoms with E-state index in [0.717, 1.165) is 22.7 Å². The standard InChI is InChI=1S/C19H17ClN4OS/c1-11-14(13-5-3-4-6-15(13)21-11)10-18-22-23-19(26)24(18)16-9-12(20)7-8-17(16)25-2/h3-9,21H,10H2,1-2H3,(H,23,26). The molecule has 0 aliphatic heterocycles. The van der Waals surface area contributed by atoms with Gasteiger partial charge in [0.2, 0.25) is 0 Å². The van der Waals surface area contributed by atoms with Gasteiger partial charge >= 0.3 is 0 Å². The van der Waals surface area contributed by atoms with Crippen molar-refractivity contribution >= 4 is 34.7 Å². The Labute approximate surface area is 160 Å². The molecule has 0 saturated heterocycles. The average molecular weight is 385 g/mol. The molecule has 2 heterocycles. The van der Waals surface area contributed by atoms with Crippen LogP contribution in [0.1, 0.15) is 17.1 Å². The Morgan fingerprint density at radius 2 is 2.04 bits per heavy atom. The lowest BCUT2D eigenvalue weighted by molar-refractivity contribution is 0.412. The molecule has 0 atom stereocenters. The first-order valence-corrected chi connectivity index (χ1v) is 8.93. The van der Waals surface area contributed by atoms with E-state index in [2.05, 4.69) is 34.2 Å². The van der Waals surface area contributed by atoms with E-state index in [9.17, 15) is 0 Å². The number of nitrogens with one attached hydrogen (secondary N) is 2. The monoisotopic (exact) mass is 384 g/mol. The number of methoxy groups -OCH3 is 1. The van der Waals surface area contributed by atoms with Crippen molar-refractivity contribution in [2.24, 2.45) is 0 Å². The topological polar surface area (TPSA) is 58.6 Å². The zero-order valence-corrected chi connectivity index (χ0v) is 15.9. The van der Waals surface area contributed by atoms with Crippen molar-refractivity contribution in [3.05, 3.63) is 69.3 Å². The lowest BCUT2D eigenvalue weighted by atomic mass is 10.1. The summed E-state index contributed by atoms with van der Waals surface area (Å²) in [6.07, 6.45) is 0.624. The van der Waals surface area contributed by atoms with Crippen LogP contribution in [0.5, 0.6) is 5.75 Å². The van der Waals surface area contributed by atoms with Crippen LogP contribution in [-0.2, 0) is 6.42 Å². The van der Waals surface area contributed by atoms with Gasteiger partial charge in [-0.3, -0.25) is 9.67 Å². The zero-order valence-electron chi connectivity index (χ0n) is 14.3. The molecule has 0 amide bonds. The van der Waals surface area contributed by atoms with Crippen molar-refractivity contribution in [1.29, 1.82) is 0 Å². The Bertz CT molecular complexity index is 1160. The quantitative estimate of drug-likeness (QED) is 0.488. The first kappa shape index (κ1) is 16.9. The number of fused-ring (bicyclic) bond motifs is 1. The van der Waals surface area contributed by atoms with Gasteiger partial charge in [0.1, 0.15) is 11.6 Å². The van der Waals surface area contributed by atoms with Gasteiger partial charge in [0.25, 0.3) is 0 Å². The molecule has 0 fully saturated rings. The normalized spacial score (nSPS) is 11.2. The van der Waals surface area contributed by atoms with E-state index in [0.29, 0.717) is 22.0 Å². The van der Waals surface area contributed by atoms with E-state index < -0.39 is 0 Å². The molecule has 0 aliphatic carbocycles. The van der Waals surface area contributed by atoms with Crippen LogP contribution < -0.4 is 4.74 Å². The second-order valence-corrected chi connectivity index (χ2v) is 6.87. The third kappa shape index (κ3) is 2.81. The Morgan fingerprint density at radius 1 is 1.23 bits per heavy atom. The fraction of sp³-hybridized carbons (Fsp3) is 0.158. The van der Waals surface area contributed by atoms with Gasteiger partial charge in [-0.25, -0.2) is 0 Å². The number of nitrogens with zero attached hydrogens (tertiary/aromatic N) is 2. The average Bonchev–Trinajstić information content (AvgIpc) is 3.15. The largest absolute Gasteiger partial charge is 0.495 e. The maximum Gasteiger partial charge on any atom is 0.200 e. The van der Waals surface area contributed by atoms with Crippen LogP contribution >= 0.6 is 23.8 Å². The fourth-order valence-electron chi connectivity index (χ4n) is 3.26. The third-order valence-corrected chi connectivity index (χ3v) is 4.99. The van der Waals surface area contributed by atoms with Gasteiger partial charge < -0.3 is 9.72 Å². The van der Waals surface area contributed by atoms with Crippen molar-refractivity contribution in [1.82, 2.24) is 19.7 Å². The van der Waals surface area contributed by atoms with Crippen LogP contribution in [0.15, 0.2) is 42.5 Å². The highest BCUT2D eigenvalue weighted by molar-refractivity contribution is 7.71. The van der Waals surface area contributed by atoms with E-state index in [1.807, 2.05) is 28.8 Å².